The van der Waals surface area contributed by atoms with Crippen LogP contribution in [0.3, 0.4) is 0 Å². The Morgan fingerprint density at radius 2 is 2.00 bits per heavy atom. The SMILES string of the molecule is C=N/C=C(N)\C(=C(/C)F)c1ccccc1. The van der Waals surface area contributed by atoms with Gasteiger partial charge in [-0.05, 0) is 19.2 Å². The molecule has 15 heavy (non-hydrogen) atoms. The summed E-state index contributed by atoms with van der Waals surface area (Å²) in [6.45, 7) is 4.65. The van der Waals surface area contributed by atoms with Gasteiger partial charge in [0.2, 0.25) is 0 Å². The van der Waals surface area contributed by atoms with Gasteiger partial charge >= 0.3 is 0 Å². The molecule has 0 amide bonds. The second-order valence-electron chi connectivity index (χ2n) is 3.04. The van der Waals surface area contributed by atoms with Crippen molar-refractivity contribution < 1.29 is 4.39 Å². The zero-order valence-corrected chi connectivity index (χ0v) is 8.57. The summed E-state index contributed by atoms with van der Waals surface area (Å²) in [4.78, 5) is 3.53. The summed E-state index contributed by atoms with van der Waals surface area (Å²) in [5.74, 6) is -0.335. The van der Waals surface area contributed by atoms with Crippen LogP contribution in [0, 0.1) is 0 Å². The molecule has 0 radical (unpaired) electrons. The highest BCUT2D eigenvalue weighted by molar-refractivity contribution is 5.79. The number of halogens is 1. The van der Waals surface area contributed by atoms with Crippen molar-refractivity contribution in [2.45, 2.75) is 6.92 Å². The number of benzene rings is 1. The maximum atomic E-state index is 13.3. The first-order chi connectivity index (χ1) is 7.16. The Hall–Kier alpha value is -1.90. The van der Waals surface area contributed by atoms with E-state index in [1.54, 1.807) is 12.1 Å². The van der Waals surface area contributed by atoms with Crippen molar-refractivity contribution in [3.8, 4) is 0 Å². The van der Waals surface area contributed by atoms with Crippen molar-refractivity contribution in [2.75, 3.05) is 0 Å². The lowest BCUT2D eigenvalue weighted by Gasteiger charge is -2.07. The van der Waals surface area contributed by atoms with Crippen molar-refractivity contribution in [2.24, 2.45) is 10.7 Å². The van der Waals surface area contributed by atoms with Gasteiger partial charge < -0.3 is 5.73 Å². The fourth-order valence-corrected chi connectivity index (χ4v) is 1.33. The molecule has 0 aliphatic rings. The van der Waals surface area contributed by atoms with Gasteiger partial charge in [0.15, 0.2) is 0 Å². The van der Waals surface area contributed by atoms with E-state index in [-0.39, 0.29) is 11.5 Å². The molecule has 78 valence electrons. The van der Waals surface area contributed by atoms with Crippen molar-refractivity contribution in [3.05, 3.63) is 53.6 Å². The van der Waals surface area contributed by atoms with E-state index in [0.29, 0.717) is 5.57 Å². The molecule has 0 bridgehead atoms. The maximum absolute atomic E-state index is 13.3. The van der Waals surface area contributed by atoms with Gasteiger partial charge in [-0.15, -0.1) is 0 Å². The van der Waals surface area contributed by atoms with E-state index >= 15 is 0 Å². The minimum Gasteiger partial charge on any atom is -0.397 e. The first-order valence-electron chi connectivity index (χ1n) is 4.50. The standard InChI is InChI=1S/C12H13FN2/c1-9(13)12(11(14)8-15-2)10-6-4-3-5-7-10/h3-8H,2,14H2,1H3/b11-8+,12-9+. The smallest absolute Gasteiger partial charge is 0.107 e. The largest absolute Gasteiger partial charge is 0.397 e. The van der Waals surface area contributed by atoms with Crippen molar-refractivity contribution in [3.63, 3.8) is 0 Å². The van der Waals surface area contributed by atoms with Crippen molar-refractivity contribution in [1.29, 1.82) is 0 Å². The molecule has 1 rings (SSSR count). The lowest BCUT2D eigenvalue weighted by molar-refractivity contribution is 0.643. The number of nitrogens with two attached hydrogens (primary N) is 1. The molecule has 1 aromatic rings. The highest BCUT2D eigenvalue weighted by atomic mass is 19.1. The topological polar surface area (TPSA) is 38.4 Å². The average Bonchev–Trinajstić information content (AvgIpc) is 2.19. The van der Waals surface area contributed by atoms with E-state index < -0.39 is 0 Å². The first kappa shape index (κ1) is 11.2. The second-order valence-corrected chi connectivity index (χ2v) is 3.04. The number of nitrogens with zero attached hydrogens (tertiary/aromatic N) is 1. The Morgan fingerprint density at radius 1 is 1.40 bits per heavy atom. The zero-order valence-electron chi connectivity index (χ0n) is 8.57. The minimum atomic E-state index is -0.335. The van der Waals surface area contributed by atoms with E-state index in [9.17, 15) is 4.39 Å². The highest BCUT2D eigenvalue weighted by Crippen LogP contribution is 2.24. The van der Waals surface area contributed by atoms with E-state index in [0.717, 1.165) is 5.56 Å². The zero-order chi connectivity index (χ0) is 11.3. The fraction of sp³-hybridized carbons (Fsp3) is 0.0833. The van der Waals surface area contributed by atoms with Crippen LogP contribution in [0.1, 0.15) is 12.5 Å². The van der Waals surface area contributed by atoms with Crippen molar-refractivity contribution in [1.82, 2.24) is 0 Å². The van der Waals surface area contributed by atoms with Crippen molar-refractivity contribution >= 4 is 12.3 Å². The van der Waals surface area contributed by atoms with E-state index in [1.807, 2.05) is 18.2 Å². The van der Waals surface area contributed by atoms with E-state index in [4.69, 9.17) is 5.73 Å². The van der Waals surface area contributed by atoms with Crippen LogP contribution >= 0.6 is 0 Å². The number of hydrogen-bond donors (Lipinski definition) is 1. The average molecular weight is 204 g/mol. The van der Waals surface area contributed by atoms with Crippen LogP contribution in [0.4, 0.5) is 4.39 Å². The monoisotopic (exact) mass is 204 g/mol. The molecule has 0 unspecified atom stereocenters. The second kappa shape index (κ2) is 5.10. The van der Waals surface area contributed by atoms with Crippen LogP contribution in [-0.4, -0.2) is 6.72 Å². The Kier molecular flexibility index (Phi) is 3.80. The van der Waals surface area contributed by atoms with Gasteiger partial charge in [0.05, 0.1) is 5.70 Å². The normalized spacial score (nSPS) is 13.3. The van der Waals surface area contributed by atoms with E-state index in [1.165, 1.54) is 13.1 Å². The third-order valence-corrected chi connectivity index (χ3v) is 1.93. The fourth-order valence-electron chi connectivity index (χ4n) is 1.33. The molecule has 1 aromatic carbocycles. The van der Waals surface area contributed by atoms with Crippen LogP contribution in [0.25, 0.3) is 5.57 Å². The van der Waals surface area contributed by atoms with Gasteiger partial charge in [-0.3, -0.25) is 4.99 Å². The molecule has 0 fully saturated rings. The molecule has 0 atom stereocenters. The predicted octanol–water partition coefficient (Wildman–Crippen LogP) is 2.89. The summed E-state index contributed by atoms with van der Waals surface area (Å²) < 4.78 is 13.3. The van der Waals surface area contributed by atoms with Gasteiger partial charge in [-0.2, -0.15) is 0 Å². The molecule has 0 spiro atoms. The Labute approximate surface area is 88.6 Å². The molecule has 0 aliphatic carbocycles. The van der Waals surface area contributed by atoms with Crippen LogP contribution in [0.5, 0.6) is 0 Å². The van der Waals surface area contributed by atoms with Crippen LogP contribution in [0.15, 0.2) is 53.0 Å². The Bertz CT molecular complexity index is 401. The molecule has 3 heteroatoms. The molecule has 2 N–H and O–H groups in total. The lowest BCUT2D eigenvalue weighted by Crippen LogP contribution is -2.01. The minimum absolute atomic E-state index is 0.274. The molecule has 0 saturated heterocycles. The quantitative estimate of drug-likeness (QED) is 0.596. The third kappa shape index (κ3) is 2.77. The summed E-state index contributed by atoms with van der Waals surface area (Å²) in [6, 6.07) is 9.10. The highest BCUT2D eigenvalue weighted by Gasteiger charge is 2.08. The number of hydrogen-bond acceptors (Lipinski definition) is 2. The third-order valence-electron chi connectivity index (χ3n) is 1.93. The molecule has 0 heterocycles. The predicted molar refractivity (Wildman–Crippen MR) is 62.0 cm³/mol. The summed E-state index contributed by atoms with van der Waals surface area (Å²) in [7, 11) is 0. The summed E-state index contributed by atoms with van der Waals surface area (Å²) in [5.41, 5.74) is 7.06. The van der Waals surface area contributed by atoms with Gasteiger partial charge in [0.1, 0.15) is 5.83 Å². The molecule has 0 aromatic heterocycles. The van der Waals surface area contributed by atoms with Crippen LogP contribution in [-0.2, 0) is 0 Å². The molecule has 0 aliphatic heterocycles. The first-order valence-corrected chi connectivity index (χ1v) is 4.50. The Balaban J connectivity index is 3.24. The van der Waals surface area contributed by atoms with E-state index in [2.05, 4.69) is 11.7 Å². The van der Waals surface area contributed by atoms with Crippen LogP contribution in [0.2, 0.25) is 0 Å². The Morgan fingerprint density at radius 3 is 2.47 bits per heavy atom. The maximum Gasteiger partial charge on any atom is 0.107 e. The van der Waals surface area contributed by atoms with Crippen LogP contribution < -0.4 is 5.73 Å². The van der Waals surface area contributed by atoms with Gasteiger partial charge in [0, 0.05) is 11.8 Å². The van der Waals surface area contributed by atoms with Gasteiger partial charge in [0.25, 0.3) is 0 Å². The van der Waals surface area contributed by atoms with Gasteiger partial charge in [-0.1, -0.05) is 30.3 Å². The number of allylic oxidation sites excluding steroid dienone is 2. The summed E-state index contributed by atoms with van der Waals surface area (Å²) in [5, 5.41) is 0. The molecule has 0 saturated carbocycles. The summed E-state index contributed by atoms with van der Waals surface area (Å²) in [6.07, 6.45) is 1.34. The number of rotatable bonds is 3. The summed E-state index contributed by atoms with van der Waals surface area (Å²) >= 11 is 0. The molecule has 2 nitrogen and oxygen atoms in total. The number of aliphatic imine (C=N–C) groups is 1. The molecular formula is C12H13FN2. The molecular weight excluding hydrogens is 191 g/mol. The van der Waals surface area contributed by atoms with Gasteiger partial charge in [-0.25, -0.2) is 4.39 Å². The lowest BCUT2D eigenvalue weighted by atomic mass is 10.0.